The molecule has 1 fully saturated rings. The predicted molar refractivity (Wildman–Crippen MR) is 98.6 cm³/mol. The molecule has 1 saturated heterocycles. The van der Waals surface area contributed by atoms with Gasteiger partial charge in [-0.15, -0.1) is 11.3 Å². The predicted octanol–water partition coefficient (Wildman–Crippen LogP) is 1.47. The number of piperazine rings is 1. The van der Waals surface area contributed by atoms with Crippen LogP contribution in [-0.2, 0) is 21.2 Å². The second kappa shape index (κ2) is 6.82. The van der Waals surface area contributed by atoms with Crippen LogP contribution in [-0.4, -0.2) is 59.1 Å². The Balaban J connectivity index is 1.38. The second-order valence-electron chi connectivity index (χ2n) is 6.10. The summed E-state index contributed by atoms with van der Waals surface area (Å²) >= 11 is 1.53. The van der Waals surface area contributed by atoms with Crippen molar-refractivity contribution in [3.05, 3.63) is 53.8 Å². The fraction of sp³-hybridized carbons (Fsp3) is 0.294. The molecule has 1 aliphatic heterocycles. The van der Waals surface area contributed by atoms with Crippen LogP contribution >= 0.6 is 11.3 Å². The molecular weight excluding hydrogens is 372 g/mol. The molecule has 1 aliphatic rings. The zero-order valence-corrected chi connectivity index (χ0v) is 15.6. The lowest BCUT2D eigenvalue weighted by Gasteiger charge is -2.34. The topological polar surface area (TPSA) is 75.0 Å². The number of nitrogens with zero attached hydrogens (tertiary/aromatic N) is 4. The van der Waals surface area contributed by atoms with Crippen LogP contribution in [0.15, 0.2) is 53.0 Å². The monoisotopic (exact) mass is 390 g/mol. The number of benzene rings is 1. The first-order chi connectivity index (χ1) is 12.5. The number of rotatable bonds is 4. The molecule has 1 aromatic carbocycles. The summed E-state index contributed by atoms with van der Waals surface area (Å²) in [6.07, 6.45) is 4.01. The fourth-order valence-corrected chi connectivity index (χ4v) is 5.21. The Kier molecular flexibility index (Phi) is 4.51. The zero-order chi connectivity index (χ0) is 18.1. The molecule has 136 valence electrons. The molecule has 0 aliphatic carbocycles. The van der Waals surface area contributed by atoms with Gasteiger partial charge in [0.05, 0.1) is 17.0 Å². The summed E-state index contributed by atoms with van der Waals surface area (Å²) in [6.45, 7) is 1.41. The first kappa shape index (κ1) is 17.2. The fourth-order valence-electron chi connectivity index (χ4n) is 3.05. The summed E-state index contributed by atoms with van der Waals surface area (Å²) in [5.41, 5.74) is 0.737. The summed E-state index contributed by atoms with van der Waals surface area (Å²) in [5, 5.41) is 1.94. The number of hydrogen-bond donors (Lipinski definition) is 0. The average Bonchev–Trinajstić information content (AvgIpc) is 3.24. The van der Waals surface area contributed by atoms with E-state index in [2.05, 4.69) is 4.98 Å². The van der Waals surface area contributed by atoms with Gasteiger partial charge in [0.25, 0.3) is 0 Å². The molecule has 3 aromatic rings. The Morgan fingerprint density at radius 3 is 2.54 bits per heavy atom. The number of thiazole rings is 1. The molecule has 0 N–H and O–H groups in total. The third kappa shape index (κ3) is 3.25. The van der Waals surface area contributed by atoms with E-state index in [1.807, 2.05) is 22.2 Å². The molecule has 1 amide bonds. The van der Waals surface area contributed by atoms with Gasteiger partial charge in [-0.1, -0.05) is 18.2 Å². The van der Waals surface area contributed by atoms with E-state index in [9.17, 15) is 13.2 Å². The maximum Gasteiger partial charge on any atom is 0.243 e. The summed E-state index contributed by atoms with van der Waals surface area (Å²) in [6, 6.07) is 8.40. The van der Waals surface area contributed by atoms with Crippen LogP contribution in [0.3, 0.4) is 0 Å². The molecule has 26 heavy (non-hydrogen) atoms. The number of carbonyl (C=O) groups is 1. The van der Waals surface area contributed by atoms with Crippen molar-refractivity contribution in [2.24, 2.45) is 0 Å². The van der Waals surface area contributed by atoms with E-state index in [-0.39, 0.29) is 17.2 Å². The SMILES string of the molecule is O=C(Cc1cn2ccsc2n1)N1CCN(S(=O)(=O)c2ccccc2)CC1. The summed E-state index contributed by atoms with van der Waals surface area (Å²) in [5.74, 6) is -0.0208. The highest BCUT2D eigenvalue weighted by Crippen LogP contribution is 2.18. The highest BCUT2D eigenvalue weighted by molar-refractivity contribution is 7.89. The van der Waals surface area contributed by atoms with Crippen molar-refractivity contribution in [1.29, 1.82) is 0 Å². The molecule has 9 heteroatoms. The van der Waals surface area contributed by atoms with E-state index >= 15 is 0 Å². The van der Waals surface area contributed by atoms with Crippen molar-refractivity contribution in [3.63, 3.8) is 0 Å². The van der Waals surface area contributed by atoms with Crippen molar-refractivity contribution < 1.29 is 13.2 Å². The normalized spacial score (nSPS) is 16.2. The van der Waals surface area contributed by atoms with Crippen LogP contribution in [0.5, 0.6) is 0 Å². The average molecular weight is 390 g/mol. The molecular formula is C17H18N4O3S2. The number of hydrogen-bond acceptors (Lipinski definition) is 5. The Hall–Kier alpha value is -2.23. The van der Waals surface area contributed by atoms with E-state index in [1.54, 1.807) is 35.2 Å². The number of imidazole rings is 1. The number of sulfonamides is 1. The molecule has 0 spiro atoms. The van der Waals surface area contributed by atoms with E-state index < -0.39 is 10.0 Å². The Morgan fingerprint density at radius 1 is 1.12 bits per heavy atom. The van der Waals surface area contributed by atoms with Crippen molar-refractivity contribution in [2.45, 2.75) is 11.3 Å². The quantitative estimate of drug-likeness (QED) is 0.676. The minimum atomic E-state index is -3.50. The van der Waals surface area contributed by atoms with Crippen molar-refractivity contribution in [3.8, 4) is 0 Å². The number of carbonyl (C=O) groups excluding carboxylic acids is 1. The second-order valence-corrected chi connectivity index (χ2v) is 8.91. The van der Waals surface area contributed by atoms with Gasteiger partial charge in [0, 0.05) is 44.0 Å². The minimum absolute atomic E-state index is 0.0208. The van der Waals surface area contributed by atoms with Gasteiger partial charge in [-0.2, -0.15) is 4.31 Å². The van der Waals surface area contributed by atoms with Crippen molar-refractivity contribution in [2.75, 3.05) is 26.2 Å². The van der Waals surface area contributed by atoms with Crippen molar-refractivity contribution >= 4 is 32.2 Å². The molecule has 7 nitrogen and oxygen atoms in total. The Labute approximate surface area is 155 Å². The minimum Gasteiger partial charge on any atom is -0.340 e. The number of amides is 1. The molecule has 0 saturated carbocycles. The summed E-state index contributed by atoms with van der Waals surface area (Å²) in [7, 11) is -3.50. The smallest absolute Gasteiger partial charge is 0.243 e. The maximum atomic E-state index is 12.6. The lowest BCUT2D eigenvalue weighted by Crippen LogP contribution is -2.50. The van der Waals surface area contributed by atoms with E-state index in [4.69, 9.17) is 0 Å². The largest absolute Gasteiger partial charge is 0.340 e. The standard InChI is InChI=1S/C17H18N4O3S2/c22-16(12-14-13-20-10-11-25-17(20)18-14)19-6-8-21(9-7-19)26(23,24)15-4-2-1-3-5-15/h1-5,10-11,13H,6-9,12H2. The number of fused-ring (bicyclic) bond motifs is 1. The summed E-state index contributed by atoms with van der Waals surface area (Å²) < 4.78 is 28.6. The van der Waals surface area contributed by atoms with Crippen LogP contribution in [0.25, 0.3) is 4.96 Å². The lowest BCUT2D eigenvalue weighted by atomic mass is 10.2. The molecule has 2 aromatic heterocycles. The van der Waals surface area contributed by atoms with Gasteiger partial charge < -0.3 is 4.90 Å². The van der Waals surface area contributed by atoms with Gasteiger partial charge in [-0.3, -0.25) is 9.20 Å². The third-order valence-corrected chi connectivity index (χ3v) is 7.13. The molecule has 0 radical (unpaired) electrons. The Morgan fingerprint density at radius 2 is 1.85 bits per heavy atom. The maximum absolute atomic E-state index is 12.6. The van der Waals surface area contributed by atoms with Gasteiger partial charge in [0.15, 0.2) is 4.96 Å². The Bertz CT molecular complexity index is 990. The van der Waals surface area contributed by atoms with E-state index in [0.29, 0.717) is 26.2 Å². The first-order valence-electron chi connectivity index (χ1n) is 8.28. The molecule has 3 heterocycles. The lowest BCUT2D eigenvalue weighted by molar-refractivity contribution is -0.131. The van der Waals surface area contributed by atoms with Crippen LogP contribution in [0.2, 0.25) is 0 Å². The van der Waals surface area contributed by atoms with Crippen LogP contribution < -0.4 is 0 Å². The first-order valence-corrected chi connectivity index (χ1v) is 10.6. The highest BCUT2D eigenvalue weighted by atomic mass is 32.2. The van der Waals surface area contributed by atoms with Gasteiger partial charge in [0.1, 0.15) is 0 Å². The van der Waals surface area contributed by atoms with Gasteiger partial charge >= 0.3 is 0 Å². The van der Waals surface area contributed by atoms with E-state index in [1.165, 1.54) is 15.6 Å². The molecule has 0 bridgehead atoms. The van der Waals surface area contributed by atoms with Crippen LogP contribution in [0.1, 0.15) is 5.69 Å². The third-order valence-electron chi connectivity index (χ3n) is 4.45. The van der Waals surface area contributed by atoms with Crippen LogP contribution in [0, 0.1) is 0 Å². The van der Waals surface area contributed by atoms with Crippen LogP contribution in [0.4, 0.5) is 0 Å². The van der Waals surface area contributed by atoms with Gasteiger partial charge in [0.2, 0.25) is 15.9 Å². The van der Waals surface area contributed by atoms with E-state index in [0.717, 1.165) is 10.7 Å². The summed E-state index contributed by atoms with van der Waals surface area (Å²) in [4.78, 5) is 19.8. The molecule has 0 unspecified atom stereocenters. The van der Waals surface area contributed by atoms with Gasteiger partial charge in [-0.25, -0.2) is 13.4 Å². The van der Waals surface area contributed by atoms with Crippen molar-refractivity contribution in [1.82, 2.24) is 18.6 Å². The number of aromatic nitrogens is 2. The molecule has 0 atom stereocenters. The highest BCUT2D eigenvalue weighted by Gasteiger charge is 2.30. The zero-order valence-electron chi connectivity index (χ0n) is 14.0. The molecule has 4 rings (SSSR count). The van der Waals surface area contributed by atoms with Gasteiger partial charge in [-0.05, 0) is 12.1 Å².